The quantitative estimate of drug-likeness (QED) is 0.502. The number of aromatic nitrogens is 2. The molecule has 0 aliphatic carbocycles. The van der Waals surface area contributed by atoms with Crippen molar-refractivity contribution in [3.05, 3.63) is 48.8 Å². The van der Waals surface area contributed by atoms with E-state index in [0.717, 1.165) is 10.4 Å². The third kappa shape index (κ3) is 4.69. The number of rotatable bonds is 7. The minimum absolute atomic E-state index is 0.0220. The number of hydrogen-bond acceptors (Lipinski definition) is 8. The Kier molecular flexibility index (Phi) is 6.34. The van der Waals surface area contributed by atoms with Crippen molar-refractivity contribution in [2.75, 3.05) is 23.8 Å². The number of fused-ring (bicyclic) bond motifs is 1. The molecule has 1 fully saturated rings. The van der Waals surface area contributed by atoms with E-state index < -0.39 is 28.0 Å². The van der Waals surface area contributed by atoms with Crippen LogP contribution < -0.4 is 10.6 Å². The lowest BCUT2D eigenvalue weighted by Crippen LogP contribution is -2.30. The Morgan fingerprint density at radius 2 is 2.00 bits per heavy atom. The highest BCUT2D eigenvalue weighted by atomic mass is 32.2. The lowest BCUT2D eigenvalue weighted by atomic mass is 10.2. The summed E-state index contributed by atoms with van der Waals surface area (Å²) in [5.74, 6) is -1.11. The third-order valence-corrected chi connectivity index (χ3v) is 6.91. The Morgan fingerprint density at radius 1 is 1.24 bits per heavy atom. The zero-order valence-electron chi connectivity index (χ0n) is 18.1. The van der Waals surface area contributed by atoms with Gasteiger partial charge in [0.1, 0.15) is 0 Å². The average Bonchev–Trinajstić information content (AvgIpc) is 3.45. The molecule has 1 aliphatic heterocycles. The van der Waals surface area contributed by atoms with E-state index in [1.807, 2.05) is 0 Å². The van der Waals surface area contributed by atoms with Crippen LogP contribution >= 0.6 is 0 Å². The number of esters is 1. The maximum Gasteiger partial charge on any atom is 0.303 e. The van der Waals surface area contributed by atoms with Crippen molar-refractivity contribution >= 4 is 44.3 Å². The number of nitrogens with zero attached hydrogens (tertiary/aromatic N) is 2. The number of anilines is 2. The van der Waals surface area contributed by atoms with Gasteiger partial charge in [-0.3, -0.25) is 9.59 Å². The lowest BCUT2D eigenvalue weighted by molar-refractivity contribution is -0.150. The molecule has 10 nitrogen and oxygen atoms in total. The van der Waals surface area contributed by atoms with Crippen LogP contribution in [-0.2, 0) is 29.1 Å². The number of carbonyl (C=O) groups is 2. The predicted molar refractivity (Wildman–Crippen MR) is 121 cm³/mol. The highest BCUT2D eigenvalue weighted by molar-refractivity contribution is 7.90. The van der Waals surface area contributed by atoms with Crippen molar-refractivity contribution in [3.8, 4) is 0 Å². The SMILES string of the molecule is CC(=O)O[C@H](C)C(=O)Nc1cnc2c(ccn2S(=O)(=O)c2ccccc2)c1NC1CCOC1. The molecule has 1 aromatic carbocycles. The standard InChI is InChI=1S/C22H24N4O6S/c1-14(32-15(2)27)22(28)25-19-12-23-21-18(20(19)24-16-9-11-31-13-16)8-10-26(21)33(29,30)17-6-4-3-5-7-17/h3-8,10,12,14,16H,9,11,13H2,1-2H3,(H,23,24)(H,25,28)/t14-,16?/m1/s1. The number of amides is 1. The Labute approximate surface area is 190 Å². The van der Waals surface area contributed by atoms with Crippen LogP contribution in [0.25, 0.3) is 11.0 Å². The van der Waals surface area contributed by atoms with E-state index >= 15 is 0 Å². The second-order valence-corrected chi connectivity index (χ2v) is 9.47. The van der Waals surface area contributed by atoms with Crippen LogP contribution in [0.3, 0.4) is 0 Å². The van der Waals surface area contributed by atoms with Gasteiger partial charge in [-0.05, 0) is 31.5 Å². The molecule has 2 aromatic heterocycles. The summed E-state index contributed by atoms with van der Waals surface area (Å²) in [6.07, 6.45) is 2.56. The summed E-state index contributed by atoms with van der Waals surface area (Å²) in [6.45, 7) is 3.76. The fourth-order valence-electron chi connectivity index (χ4n) is 3.60. The molecule has 3 aromatic rings. The molecular weight excluding hydrogens is 448 g/mol. The molecule has 0 spiro atoms. The normalized spacial score (nSPS) is 17.0. The van der Waals surface area contributed by atoms with Crippen molar-refractivity contribution in [1.29, 1.82) is 0 Å². The Hall–Kier alpha value is -3.44. The van der Waals surface area contributed by atoms with E-state index in [-0.39, 0.29) is 16.6 Å². The molecule has 3 heterocycles. The monoisotopic (exact) mass is 472 g/mol. The zero-order chi connectivity index (χ0) is 23.6. The van der Waals surface area contributed by atoms with Crippen LogP contribution in [0.2, 0.25) is 0 Å². The first-order chi connectivity index (χ1) is 15.8. The van der Waals surface area contributed by atoms with E-state index in [0.29, 0.717) is 30.0 Å². The summed E-state index contributed by atoms with van der Waals surface area (Å²) in [5.41, 5.74) is 1.07. The molecular formula is C22H24N4O6S. The molecule has 1 unspecified atom stereocenters. The topological polar surface area (TPSA) is 129 Å². The van der Waals surface area contributed by atoms with Gasteiger partial charge in [0, 0.05) is 25.1 Å². The lowest BCUT2D eigenvalue weighted by Gasteiger charge is -2.19. The zero-order valence-corrected chi connectivity index (χ0v) is 19.0. The molecule has 0 radical (unpaired) electrons. The molecule has 2 N–H and O–H groups in total. The van der Waals surface area contributed by atoms with E-state index in [1.54, 1.807) is 24.3 Å². The van der Waals surface area contributed by atoms with Gasteiger partial charge in [-0.1, -0.05) is 18.2 Å². The maximum atomic E-state index is 13.2. The van der Waals surface area contributed by atoms with Crippen molar-refractivity contribution in [2.45, 2.75) is 37.3 Å². The van der Waals surface area contributed by atoms with Gasteiger partial charge in [-0.15, -0.1) is 0 Å². The minimum Gasteiger partial charge on any atom is -0.453 e. The smallest absolute Gasteiger partial charge is 0.303 e. The number of carbonyl (C=O) groups excluding carboxylic acids is 2. The fraction of sp³-hybridized carbons (Fsp3) is 0.318. The van der Waals surface area contributed by atoms with Crippen LogP contribution in [0.5, 0.6) is 0 Å². The summed E-state index contributed by atoms with van der Waals surface area (Å²) in [7, 11) is -3.87. The summed E-state index contributed by atoms with van der Waals surface area (Å²) in [4.78, 5) is 28.2. The van der Waals surface area contributed by atoms with Crippen LogP contribution in [0.1, 0.15) is 20.3 Å². The summed E-state index contributed by atoms with van der Waals surface area (Å²) in [6, 6.07) is 9.68. The molecule has 1 amide bonds. The highest BCUT2D eigenvalue weighted by Gasteiger charge is 2.25. The minimum atomic E-state index is -3.87. The van der Waals surface area contributed by atoms with E-state index in [4.69, 9.17) is 9.47 Å². The molecule has 0 saturated carbocycles. The van der Waals surface area contributed by atoms with Crippen molar-refractivity contribution in [2.24, 2.45) is 0 Å². The molecule has 1 aliphatic rings. The molecule has 174 valence electrons. The number of ether oxygens (including phenoxy) is 2. The molecule has 33 heavy (non-hydrogen) atoms. The molecule has 11 heteroatoms. The first-order valence-corrected chi connectivity index (χ1v) is 11.8. The summed E-state index contributed by atoms with van der Waals surface area (Å²) >= 11 is 0. The van der Waals surface area contributed by atoms with Gasteiger partial charge >= 0.3 is 5.97 Å². The van der Waals surface area contributed by atoms with Gasteiger partial charge in [-0.2, -0.15) is 0 Å². The third-order valence-electron chi connectivity index (χ3n) is 5.23. The van der Waals surface area contributed by atoms with Gasteiger partial charge < -0.3 is 20.1 Å². The summed E-state index contributed by atoms with van der Waals surface area (Å²) < 4.78 is 37.9. The van der Waals surface area contributed by atoms with Crippen LogP contribution in [0.15, 0.2) is 53.7 Å². The number of benzene rings is 1. The van der Waals surface area contributed by atoms with Gasteiger partial charge in [0.25, 0.3) is 15.9 Å². The van der Waals surface area contributed by atoms with Gasteiger partial charge in [-0.25, -0.2) is 17.4 Å². The molecule has 4 rings (SSSR count). The summed E-state index contributed by atoms with van der Waals surface area (Å²) in [5, 5.41) is 6.58. The van der Waals surface area contributed by atoms with Crippen molar-refractivity contribution in [1.82, 2.24) is 8.96 Å². The van der Waals surface area contributed by atoms with Crippen LogP contribution in [0.4, 0.5) is 11.4 Å². The van der Waals surface area contributed by atoms with E-state index in [2.05, 4.69) is 15.6 Å². The Bertz CT molecular complexity index is 1280. The largest absolute Gasteiger partial charge is 0.453 e. The highest BCUT2D eigenvalue weighted by Crippen LogP contribution is 2.34. The average molecular weight is 473 g/mol. The number of pyridine rings is 1. The Morgan fingerprint density at radius 3 is 2.67 bits per heavy atom. The second-order valence-electron chi connectivity index (χ2n) is 7.66. The number of hydrogen-bond donors (Lipinski definition) is 2. The molecule has 0 bridgehead atoms. The predicted octanol–water partition coefficient (Wildman–Crippen LogP) is 2.36. The van der Waals surface area contributed by atoms with Gasteiger partial charge in [0.15, 0.2) is 11.8 Å². The van der Waals surface area contributed by atoms with Crippen molar-refractivity contribution < 1.29 is 27.5 Å². The molecule has 2 atom stereocenters. The van der Waals surface area contributed by atoms with E-state index in [9.17, 15) is 18.0 Å². The van der Waals surface area contributed by atoms with E-state index in [1.165, 1.54) is 38.4 Å². The molecule has 1 saturated heterocycles. The van der Waals surface area contributed by atoms with Gasteiger partial charge in [0.2, 0.25) is 0 Å². The van der Waals surface area contributed by atoms with Crippen molar-refractivity contribution in [3.63, 3.8) is 0 Å². The van der Waals surface area contributed by atoms with Crippen LogP contribution in [-0.4, -0.2) is 54.6 Å². The van der Waals surface area contributed by atoms with Gasteiger partial charge in [0.05, 0.1) is 35.1 Å². The van der Waals surface area contributed by atoms with Crippen LogP contribution in [0, 0.1) is 0 Å². The maximum absolute atomic E-state index is 13.2. The fourth-order valence-corrected chi connectivity index (χ4v) is 4.93. The first-order valence-electron chi connectivity index (χ1n) is 10.4. The first kappa shape index (κ1) is 22.7. The Balaban J connectivity index is 1.76. The number of nitrogens with one attached hydrogen (secondary N) is 2. The second kappa shape index (κ2) is 9.20.